The number of amides is 2. The van der Waals surface area contributed by atoms with Gasteiger partial charge >= 0.3 is 0 Å². The Balaban J connectivity index is 1.45. The molecule has 2 aromatic heterocycles. The number of pyridine rings is 1. The maximum absolute atomic E-state index is 12.7. The van der Waals surface area contributed by atoms with Gasteiger partial charge in [0, 0.05) is 48.5 Å². The molecule has 0 fully saturated rings. The first-order chi connectivity index (χ1) is 17.5. The molecule has 4 rings (SSSR count). The maximum Gasteiger partial charge on any atom is 0.246 e. The fourth-order valence-corrected chi connectivity index (χ4v) is 3.59. The van der Waals surface area contributed by atoms with Gasteiger partial charge in [-0.25, -0.2) is 0 Å². The molecule has 36 heavy (non-hydrogen) atoms. The van der Waals surface area contributed by atoms with Gasteiger partial charge in [-0.05, 0) is 48.0 Å². The van der Waals surface area contributed by atoms with Crippen LogP contribution in [0.4, 0.5) is 5.69 Å². The normalized spacial score (nSPS) is 10.8. The minimum Gasteiger partial charge on any atom is -0.497 e. The first-order valence-electron chi connectivity index (χ1n) is 11.4. The highest BCUT2D eigenvalue weighted by Crippen LogP contribution is 2.23. The lowest BCUT2D eigenvalue weighted by atomic mass is 10.1. The summed E-state index contributed by atoms with van der Waals surface area (Å²) >= 11 is 0. The van der Waals surface area contributed by atoms with Crippen LogP contribution in [-0.2, 0) is 16.1 Å². The van der Waals surface area contributed by atoms with Crippen molar-refractivity contribution in [2.45, 2.75) is 6.54 Å². The van der Waals surface area contributed by atoms with Crippen LogP contribution in [0.1, 0.15) is 11.1 Å². The summed E-state index contributed by atoms with van der Waals surface area (Å²) < 4.78 is 6.96. The molecule has 0 aliphatic rings. The van der Waals surface area contributed by atoms with Crippen LogP contribution in [0.2, 0.25) is 0 Å². The molecule has 0 atom stereocenters. The Kier molecular flexibility index (Phi) is 7.87. The van der Waals surface area contributed by atoms with Gasteiger partial charge in [0.1, 0.15) is 11.4 Å². The molecule has 0 saturated carbocycles. The van der Waals surface area contributed by atoms with Gasteiger partial charge < -0.3 is 15.0 Å². The Morgan fingerprint density at radius 2 is 1.83 bits per heavy atom. The number of aromatic nitrogens is 3. The first-order valence-corrected chi connectivity index (χ1v) is 11.4. The van der Waals surface area contributed by atoms with E-state index in [9.17, 15) is 9.59 Å². The van der Waals surface area contributed by atoms with Gasteiger partial charge in [0.05, 0.1) is 20.2 Å². The monoisotopic (exact) mass is 481 g/mol. The summed E-state index contributed by atoms with van der Waals surface area (Å²) in [5.41, 5.74) is 4.10. The number of nitrogens with one attached hydrogen (secondary N) is 1. The SMILES string of the molecule is COc1ccc(NC(=O)CN(C)C(=O)/C=C/c2cn(Cc3ccccc3)nc2-c2cccnc2)cc1. The molecule has 182 valence electrons. The molecule has 8 heteroatoms. The fourth-order valence-electron chi connectivity index (χ4n) is 3.59. The lowest BCUT2D eigenvalue weighted by molar-refractivity contribution is -0.129. The smallest absolute Gasteiger partial charge is 0.246 e. The highest BCUT2D eigenvalue weighted by Gasteiger charge is 2.13. The number of methoxy groups -OCH3 is 1. The molecule has 1 N–H and O–H groups in total. The summed E-state index contributed by atoms with van der Waals surface area (Å²) in [6.07, 6.45) is 8.51. The number of benzene rings is 2. The topological polar surface area (TPSA) is 89.4 Å². The summed E-state index contributed by atoms with van der Waals surface area (Å²) in [6, 6.07) is 20.8. The van der Waals surface area contributed by atoms with E-state index in [0.29, 0.717) is 18.0 Å². The minimum absolute atomic E-state index is 0.0854. The molecular weight excluding hydrogens is 454 g/mol. The third kappa shape index (κ3) is 6.44. The number of nitrogens with zero attached hydrogens (tertiary/aromatic N) is 4. The quantitative estimate of drug-likeness (QED) is 0.364. The van der Waals surface area contributed by atoms with Gasteiger partial charge in [-0.2, -0.15) is 5.10 Å². The molecule has 2 aromatic carbocycles. The number of carbonyl (C=O) groups excluding carboxylic acids is 2. The van der Waals surface area contributed by atoms with E-state index in [2.05, 4.69) is 10.3 Å². The van der Waals surface area contributed by atoms with Crippen LogP contribution < -0.4 is 10.1 Å². The molecule has 2 amide bonds. The standard InChI is InChI=1S/C28H27N5O3/c1-32(20-26(34)30-24-11-13-25(36-2)14-12-24)27(35)15-10-23-19-33(18-21-7-4-3-5-8-21)31-28(23)22-9-6-16-29-17-22/h3-17,19H,18,20H2,1-2H3,(H,30,34)/b15-10+. The number of carbonyl (C=O) groups is 2. The van der Waals surface area contributed by atoms with Crippen LogP contribution in [0.5, 0.6) is 5.75 Å². The zero-order valence-electron chi connectivity index (χ0n) is 20.2. The van der Waals surface area contributed by atoms with E-state index in [0.717, 1.165) is 22.4 Å². The minimum atomic E-state index is -0.298. The number of anilines is 1. The highest BCUT2D eigenvalue weighted by atomic mass is 16.5. The predicted molar refractivity (Wildman–Crippen MR) is 139 cm³/mol. The van der Waals surface area contributed by atoms with Crippen molar-refractivity contribution in [1.29, 1.82) is 0 Å². The van der Waals surface area contributed by atoms with Crippen LogP contribution in [0.15, 0.2) is 91.4 Å². The Bertz CT molecular complexity index is 1330. The number of rotatable bonds is 9. The zero-order chi connectivity index (χ0) is 25.3. The van der Waals surface area contributed by atoms with Crippen molar-refractivity contribution in [3.05, 3.63) is 103 Å². The molecule has 0 bridgehead atoms. The lowest BCUT2D eigenvalue weighted by Gasteiger charge is -2.15. The average molecular weight is 482 g/mol. The van der Waals surface area contributed by atoms with E-state index in [1.54, 1.807) is 56.9 Å². The zero-order valence-corrected chi connectivity index (χ0v) is 20.2. The summed E-state index contributed by atoms with van der Waals surface area (Å²) in [6.45, 7) is 0.513. The van der Waals surface area contributed by atoms with Gasteiger partial charge in [-0.1, -0.05) is 30.3 Å². The molecule has 0 saturated heterocycles. The Morgan fingerprint density at radius 1 is 1.06 bits per heavy atom. The van der Waals surface area contributed by atoms with Crippen LogP contribution in [0, 0.1) is 0 Å². The van der Waals surface area contributed by atoms with Crippen molar-refractivity contribution < 1.29 is 14.3 Å². The predicted octanol–water partition coefficient (Wildman–Crippen LogP) is 4.11. The first kappa shape index (κ1) is 24.4. The van der Waals surface area contributed by atoms with Crippen molar-refractivity contribution >= 4 is 23.6 Å². The molecular formula is C28H27N5O3. The number of hydrogen-bond donors (Lipinski definition) is 1. The van der Waals surface area contributed by atoms with Gasteiger partial charge in [-0.3, -0.25) is 19.3 Å². The molecule has 8 nitrogen and oxygen atoms in total. The van der Waals surface area contributed by atoms with Crippen molar-refractivity contribution in [2.24, 2.45) is 0 Å². The summed E-state index contributed by atoms with van der Waals surface area (Å²) in [4.78, 5) is 30.7. The number of ether oxygens (including phenoxy) is 1. The number of hydrogen-bond acceptors (Lipinski definition) is 5. The number of likely N-dealkylation sites (N-methyl/N-ethyl adjacent to an activating group) is 1. The van der Waals surface area contributed by atoms with E-state index >= 15 is 0 Å². The van der Waals surface area contributed by atoms with Gasteiger partial charge in [0.15, 0.2) is 0 Å². The third-order valence-corrected chi connectivity index (χ3v) is 5.45. The second-order valence-corrected chi connectivity index (χ2v) is 8.16. The maximum atomic E-state index is 12.7. The van der Waals surface area contributed by atoms with E-state index in [4.69, 9.17) is 9.84 Å². The molecule has 0 aliphatic heterocycles. The Labute approximate surface area is 209 Å². The molecule has 0 radical (unpaired) electrons. The third-order valence-electron chi connectivity index (χ3n) is 5.45. The summed E-state index contributed by atoms with van der Waals surface area (Å²) in [5.74, 6) is 0.104. The van der Waals surface area contributed by atoms with Crippen molar-refractivity contribution in [2.75, 3.05) is 26.0 Å². The lowest BCUT2D eigenvalue weighted by Crippen LogP contribution is -2.33. The van der Waals surface area contributed by atoms with E-state index in [-0.39, 0.29) is 18.4 Å². The van der Waals surface area contributed by atoms with Crippen LogP contribution in [-0.4, -0.2) is 52.2 Å². The van der Waals surface area contributed by atoms with Crippen molar-refractivity contribution in [3.63, 3.8) is 0 Å². The Hall–Kier alpha value is -4.72. The van der Waals surface area contributed by atoms with Gasteiger partial charge in [0.25, 0.3) is 0 Å². The van der Waals surface area contributed by atoms with E-state index < -0.39 is 0 Å². The molecule has 0 spiro atoms. The largest absolute Gasteiger partial charge is 0.497 e. The second-order valence-electron chi connectivity index (χ2n) is 8.16. The second kappa shape index (κ2) is 11.6. The fraction of sp³-hybridized carbons (Fsp3) is 0.143. The van der Waals surface area contributed by atoms with E-state index in [1.165, 1.54) is 11.0 Å². The van der Waals surface area contributed by atoms with Crippen LogP contribution >= 0.6 is 0 Å². The van der Waals surface area contributed by atoms with Crippen LogP contribution in [0.3, 0.4) is 0 Å². The summed E-state index contributed by atoms with van der Waals surface area (Å²) in [7, 11) is 3.16. The molecule has 0 unspecified atom stereocenters. The van der Waals surface area contributed by atoms with Crippen LogP contribution in [0.25, 0.3) is 17.3 Å². The van der Waals surface area contributed by atoms with Crippen molar-refractivity contribution in [1.82, 2.24) is 19.7 Å². The molecule has 4 aromatic rings. The molecule has 0 aliphatic carbocycles. The van der Waals surface area contributed by atoms with Gasteiger partial charge in [0.2, 0.25) is 11.8 Å². The highest BCUT2D eigenvalue weighted by molar-refractivity contribution is 5.98. The Morgan fingerprint density at radius 3 is 2.53 bits per heavy atom. The van der Waals surface area contributed by atoms with Crippen molar-refractivity contribution in [3.8, 4) is 17.0 Å². The average Bonchev–Trinajstić information content (AvgIpc) is 3.31. The van der Waals surface area contributed by atoms with E-state index in [1.807, 2.05) is 53.3 Å². The van der Waals surface area contributed by atoms with Gasteiger partial charge in [-0.15, -0.1) is 0 Å². The molecule has 2 heterocycles. The summed E-state index contributed by atoms with van der Waals surface area (Å²) in [5, 5.41) is 7.51.